The van der Waals surface area contributed by atoms with Crippen LogP contribution in [-0.2, 0) is 0 Å². The average Bonchev–Trinajstić information content (AvgIpc) is 2.63. The first-order valence-electron chi connectivity index (χ1n) is 4.10. The normalized spacial score (nSPS) is 19.7. The topological polar surface area (TPSA) is 0 Å². The summed E-state index contributed by atoms with van der Waals surface area (Å²) in [4.78, 5) is 0. The van der Waals surface area contributed by atoms with Gasteiger partial charge in [-0.05, 0) is 31.1 Å². The van der Waals surface area contributed by atoms with Gasteiger partial charge in [0.15, 0.2) is 0 Å². The van der Waals surface area contributed by atoms with E-state index < -0.39 is 0 Å². The molecule has 1 fully saturated rings. The largest absolute Gasteiger partial charge is 0.0775 e. The van der Waals surface area contributed by atoms with Crippen LogP contribution in [0.1, 0.15) is 39.0 Å². The lowest BCUT2D eigenvalue weighted by molar-refractivity contribution is 0.777. The van der Waals surface area contributed by atoms with E-state index in [9.17, 15) is 0 Å². The number of hydrogen-bond donors (Lipinski definition) is 0. The van der Waals surface area contributed by atoms with Crippen LogP contribution in [0, 0.1) is 0 Å². The molecule has 0 heterocycles. The zero-order valence-corrected chi connectivity index (χ0v) is 7.16. The predicted octanol–water partition coefficient (Wildman–Crippen LogP) is 3.29. The van der Waals surface area contributed by atoms with Crippen LogP contribution in [0.2, 0.25) is 0 Å². The molecular weight excluding hydrogens is 127 g/mol. The van der Waals surface area contributed by atoms with Crippen LogP contribution >= 0.6 is 8.58 Å². The van der Waals surface area contributed by atoms with Crippen molar-refractivity contribution in [2.45, 2.75) is 44.7 Å². The Kier molecular flexibility index (Phi) is 3.58. The molecule has 0 spiro atoms. The van der Waals surface area contributed by atoms with Crippen LogP contribution in [0.4, 0.5) is 0 Å². The predicted molar refractivity (Wildman–Crippen MR) is 44.3 cm³/mol. The summed E-state index contributed by atoms with van der Waals surface area (Å²) in [5.74, 6) is 0. The van der Waals surface area contributed by atoms with Crippen LogP contribution in [0.15, 0.2) is 0 Å². The van der Waals surface area contributed by atoms with Gasteiger partial charge in [0, 0.05) is 0 Å². The molecule has 0 bridgehead atoms. The van der Waals surface area contributed by atoms with Gasteiger partial charge in [-0.25, -0.2) is 0 Å². The molecule has 0 aliphatic heterocycles. The van der Waals surface area contributed by atoms with Crippen molar-refractivity contribution in [1.82, 2.24) is 0 Å². The van der Waals surface area contributed by atoms with E-state index in [0.29, 0.717) is 0 Å². The highest BCUT2D eigenvalue weighted by molar-refractivity contribution is 7.39. The van der Waals surface area contributed by atoms with Crippen LogP contribution in [0.5, 0.6) is 0 Å². The molecule has 0 unspecified atom stereocenters. The number of hydrogen-bond acceptors (Lipinski definition) is 0. The Morgan fingerprint density at radius 2 is 2.11 bits per heavy atom. The third kappa shape index (κ3) is 3.92. The van der Waals surface area contributed by atoms with E-state index in [-0.39, 0.29) is 0 Å². The van der Waals surface area contributed by atoms with Crippen LogP contribution < -0.4 is 0 Å². The second kappa shape index (κ2) is 4.28. The molecule has 0 nitrogen and oxygen atoms in total. The number of unbranched alkanes of at least 4 members (excludes halogenated alkanes) is 2. The van der Waals surface area contributed by atoms with Crippen molar-refractivity contribution in [1.29, 1.82) is 0 Å². The first-order valence-corrected chi connectivity index (χ1v) is 5.25. The van der Waals surface area contributed by atoms with E-state index >= 15 is 0 Å². The summed E-state index contributed by atoms with van der Waals surface area (Å²) in [6.45, 7) is 2.27. The third-order valence-electron chi connectivity index (χ3n) is 1.70. The molecule has 1 heteroatoms. The molecule has 53 valence electrons. The monoisotopic (exact) mass is 143 g/mol. The molecule has 0 aromatic heterocycles. The highest BCUT2D eigenvalue weighted by Crippen LogP contribution is 2.39. The summed E-state index contributed by atoms with van der Waals surface area (Å²) in [6.07, 6.45) is 8.80. The minimum atomic E-state index is 1.13. The first kappa shape index (κ1) is 7.54. The van der Waals surface area contributed by atoms with E-state index in [1.54, 1.807) is 8.58 Å². The number of rotatable bonds is 5. The Morgan fingerprint density at radius 3 is 2.67 bits per heavy atom. The zero-order chi connectivity index (χ0) is 6.53. The van der Waals surface area contributed by atoms with Gasteiger partial charge in [-0.15, -0.1) is 0 Å². The van der Waals surface area contributed by atoms with Gasteiger partial charge < -0.3 is 0 Å². The van der Waals surface area contributed by atoms with Crippen LogP contribution in [0.3, 0.4) is 0 Å². The Bertz CT molecular complexity index is 67.0. The molecule has 1 rings (SSSR count). The van der Waals surface area contributed by atoms with Crippen molar-refractivity contribution in [3.8, 4) is 0 Å². The molecule has 0 amide bonds. The third-order valence-corrected chi connectivity index (χ3v) is 3.30. The molecule has 0 aromatic carbocycles. The molecule has 0 N–H and O–H groups in total. The smallest absolute Gasteiger partial charge is 0.0170 e. The van der Waals surface area contributed by atoms with Gasteiger partial charge in [0.25, 0.3) is 0 Å². The maximum Gasteiger partial charge on any atom is -0.0170 e. The zero-order valence-electron chi connectivity index (χ0n) is 6.27. The maximum absolute atomic E-state index is 2.27. The maximum atomic E-state index is 2.27. The standard InChI is InChI=1S/C8H16P/c1-2-3-4-7-9-8-5-6-8/h8H,2-7H2,1H3. The summed E-state index contributed by atoms with van der Waals surface area (Å²) in [7, 11) is 1.75. The van der Waals surface area contributed by atoms with Gasteiger partial charge in [0.05, 0.1) is 0 Å². The lowest BCUT2D eigenvalue weighted by Crippen LogP contribution is -1.78. The van der Waals surface area contributed by atoms with E-state index in [0.717, 1.165) is 5.66 Å². The summed E-state index contributed by atoms with van der Waals surface area (Å²) in [5.41, 5.74) is 1.13. The summed E-state index contributed by atoms with van der Waals surface area (Å²) in [6, 6.07) is 0. The summed E-state index contributed by atoms with van der Waals surface area (Å²) in [5, 5.41) is 0. The SMILES string of the molecule is CCCCC[P]C1CC1. The highest BCUT2D eigenvalue weighted by Gasteiger charge is 2.20. The van der Waals surface area contributed by atoms with Gasteiger partial charge in [-0.2, -0.15) is 0 Å². The lowest BCUT2D eigenvalue weighted by Gasteiger charge is -1.94. The minimum absolute atomic E-state index is 1.13. The van der Waals surface area contributed by atoms with Crippen molar-refractivity contribution in [2.24, 2.45) is 0 Å². The van der Waals surface area contributed by atoms with Gasteiger partial charge in [0.1, 0.15) is 0 Å². The fraction of sp³-hybridized carbons (Fsp3) is 1.00. The van der Waals surface area contributed by atoms with Crippen molar-refractivity contribution >= 4 is 8.58 Å². The van der Waals surface area contributed by atoms with Crippen LogP contribution in [-0.4, -0.2) is 11.8 Å². The minimum Gasteiger partial charge on any atom is -0.0775 e. The van der Waals surface area contributed by atoms with Gasteiger partial charge in [-0.3, -0.25) is 0 Å². The summed E-state index contributed by atoms with van der Waals surface area (Å²) < 4.78 is 0. The second-order valence-electron chi connectivity index (χ2n) is 2.84. The molecular formula is C8H16P. The van der Waals surface area contributed by atoms with E-state index in [1.807, 2.05) is 0 Å². The van der Waals surface area contributed by atoms with Gasteiger partial charge in [-0.1, -0.05) is 28.3 Å². The fourth-order valence-electron chi connectivity index (χ4n) is 0.893. The highest BCUT2D eigenvalue weighted by atomic mass is 31.1. The van der Waals surface area contributed by atoms with Crippen LogP contribution in [0.25, 0.3) is 0 Å². The first-order chi connectivity index (χ1) is 4.43. The second-order valence-corrected chi connectivity index (χ2v) is 4.39. The van der Waals surface area contributed by atoms with Crippen molar-refractivity contribution in [2.75, 3.05) is 6.16 Å². The molecule has 0 aromatic rings. The molecule has 9 heavy (non-hydrogen) atoms. The summed E-state index contributed by atoms with van der Waals surface area (Å²) >= 11 is 0. The van der Waals surface area contributed by atoms with E-state index in [1.165, 1.54) is 38.3 Å². The molecule has 0 saturated heterocycles. The average molecular weight is 143 g/mol. The molecule has 1 aliphatic carbocycles. The lowest BCUT2D eigenvalue weighted by atomic mass is 10.3. The Labute approximate surface area is 60.2 Å². The van der Waals surface area contributed by atoms with Crippen molar-refractivity contribution in [3.05, 3.63) is 0 Å². The van der Waals surface area contributed by atoms with Gasteiger partial charge in [0.2, 0.25) is 0 Å². The molecule has 1 saturated carbocycles. The Morgan fingerprint density at radius 1 is 1.33 bits per heavy atom. The van der Waals surface area contributed by atoms with Crippen molar-refractivity contribution < 1.29 is 0 Å². The quantitative estimate of drug-likeness (QED) is 0.409. The molecule has 1 radical (unpaired) electrons. The fourth-order valence-corrected chi connectivity index (χ4v) is 2.18. The van der Waals surface area contributed by atoms with E-state index in [2.05, 4.69) is 6.92 Å². The van der Waals surface area contributed by atoms with E-state index in [4.69, 9.17) is 0 Å². The molecule has 1 aliphatic rings. The molecule has 0 atom stereocenters. The Balaban J connectivity index is 1.71. The van der Waals surface area contributed by atoms with Gasteiger partial charge >= 0.3 is 0 Å². The Hall–Kier alpha value is 0.430. The van der Waals surface area contributed by atoms with Crippen molar-refractivity contribution in [3.63, 3.8) is 0 Å².